The number of nitro benzene ring substituents is 1. The van der Waals surface area contributed by atoms with Gasteiger partial charge in [-0.2, -0.15) is 5.06 Å². The zero-order valence-electron chi connectivity index (χ0n) is 14.9. The highest BCUT2D eigenvalue weighted by Gasteiger charge is 2.49. The third kappa shape index (κ3) is 3.21. The van der Waals surface area contributed by atoms with E-state index in [4.69, 9.17) is 4.84 Å². The lowest BCUT2D eigenvalue weighted by Crippen LogP contribution is -2.46. The Bertz CT molecular complexity index is 672. The Kier molecular flexibility index (Phi) is 4.91. The van der Waals surface area contributed by atoms with Gasteiger partial charge in [-0.25, -0.2) is 0 Å². The predicted octanol–water partition coefficient (Wildman–Crippen LogP) is 3.06. The second-order valence-electron chi connectivity index (χ2n) is 7.49. The maximum Gasteiger partial charge on any atom is 0.269 e. The largest absolute Gasteiger partial charge is 0.342 e. The maximum absolute atomic E-state index is 13.3. The van der Waals surface area contributed by atoms with Crippen molar-refractivity contribution < 1.29 is 14.6 Å². The minimum Gasteiger partial charge on any atom is -0.342 e. The fraction of sp³-hybridized carbons (Fsp3) is 0.632. The molecular weight excluding hydrogens is 334 g/mol. The van der Waals surface area contributed by atoms with Crippen LogP contribution in [0.2, 0.25) is 0 Å². The van der Waals surface area contributed by atoms with Crippen molar-refractivity contribution in [2.75, 3.05) is 19.6 Å². The topological polar surface area (TPSA) is 75.9 Å². The summed E-state index contributed by atoms with van der Waals surface area (Å²) in [5.74, 6) is -0.0442. The zero-order valence-corrected chi connectivity index (χ0v) is 14.9. The summed E-state index contributed by atoms with van der Waals surface area (Å²) in [6.07, 6.45) is 6.12. The van der Waals surface area contributed by atoms with Gasteiger partial charge < -0.3 is 4.90 Å². The minimum absolute atomic E-state index is 0.0587. The Balaban J connectivity index is 1.62. The number of nitro groups is 1. The molecule has 7 heteroatoms. The third-order valence-corrected chi connectivity index (χ3v) is 5.87. The summed E-state index contributed by atoms with van der Waals surface area (Å²) in [5, 5.41) is 12.9. The van der Waals surface area contributed by atoms with E-state index >= 15 is 0 Å². The van der Waals surface area contributed by atoms with E-state index in [0.29, 0.717) is 0 Å². The molecule has 0 spiro atoms. The summed E-state index contributed by atoms with van der Waals surface area (Å²) in [6.45, 7) is 2.50. The SMILES string of the molecule is O=C([C@@H]1[C@@H](c2ccc([N+](=O)[O-])cc2)ON2CCCC[C@@H]12)N1CCCCC1. The molecule has 0 aliphatic carbocycles. The van der Waals surface area contributed by atoms with Crippen molar-refractivity contribution in [3.8, 4) is 0 Å². The molecule has 3 fully saturated rings. The number of hydrogen-bond acceptors (Lipinski definition) is 5. The highest BCUT2D eigenvalue weighted by Crippen LogP contribution is 2.44. The molecule has 1 aromatic rings. The fourth-order valence-corrected chi connectivity index (χ4v) is 4.51. The van der Waals surface area contributed by atoms with E-state index in [9.17, 15) is 14.9 Å². The second-order valence-corrected chi connectivity index (χ2v) is 7.49. The molecule has 0 aromatic heterocycles. The first-order valence-corrected chi connectivity index (χ1v) is 9.62. The van der Waals surface area contributed by atoms with Crippen LogP contribution in [0.4, 0.5) is 5.69 Å². The van der Waals surface area contributed by atoms with Crippen LogP contribution >= 0.6 is 0 Å². The van der Waals surface area contributed by atoms with Crippen molar-refractivity contribution >= 4 is 11.6 Å². The molecule has 3 saturated heterocycles. The molecule has 0 bridgehead atoms. The first-order valence-electron chi connectivity index (χ1n) is 9.62. The third-order valence-electron chi connectivity index (χ3n) is 5.87. The molecule has 140 valence electrons. The van der Waals surface area contributed by atoms with E-state index in [0.717, 1.165) is 57.3 Å². The van der Waals surface area contributed by atoms with Gasteiger partial charge in [-0.05, 0) is 49.8 Å². The van der Waals surface area contributed by atoms with E-state index in [1.165, 1.54) is 18.6 Å². The molecule has 0 N–H and O–H groups in total. The zero-order chi connectivity index (χ0) is 18.1. The molecule has 1 aromatic carbocycles. The monoisotopic (exact) mass is 359 g/mol. The Morgan fingerprint density at radius 1 is 1.04 bits per heavy atom. The van der Waals surface area contributed by atoms with Crippen molar-refractivity contribution in [1.29, 1.82) is 0 Å². The normalized spacial score (nSPS) is 29.4. The number of benzene rings is 1. The van der Waals surface area contributed by atoms with E-state index in [2.05, 4.69) is 0 Å². The number of amides is 1. The molecule has 26 heavy (non-hydrogen) atoms. The van der Waals surface area contributed by atoms with Crippen molar-refractivity contribution in [2.24, 2.45) is 5.92 Å². The van der Waals surface area contributed by atoms with Gasteiger partial charge >= 0.3 is 0 Å². The highest BCUT2D eigenvalue weighted by atomic mass is 16.7. The molecule has 7 nitrogen and oxygen atoms in total. The summed E-state index contributed by atoms with van der Waals surface area (Å²) >= 11 is 0. The van der Waals surface area contributed by atoms with Crippen LogP contribution in [0.5, 0.6) is 0 Å². The number of non-ortho nitro benzene ring substituents is 1. The maximum atomic E-state index is 13.3. The number of likely N-dealkylation sites (tertiary alicyclic amines) is 1. The first-order chi connectivity index (χ1) is 12.6. The molecule has 3 aliphatic heterocycles. The molecule has 3 heterocycles. The quantitative estimate of drug-likeness (QED) is 0.612. The number of carbonyl (C=O) groups is 1. The summed E-state index contributed by atoms with van der Waals surface area (Å²) < 4.78 is 0. The second kappa shape index (κ2) is 7.32. The van der Waals surface area contributed by atoms with Crippen molar-refractivity contribution in [3.05, 3.63) is 39.9 Å². The van der Waals surface area contributed by atoms with Crippen molar-refractivity contribution in [3.63, 3.8) is 0 Å². The number of hydrogen-bond donors (Lipinski definition) is 0. The molecule has 3 atom stereocenters. The van der Waals surface area contributed by atoms with E-state index in [1.807, 2.05) is 9.96 Å². The average molecular weight is 359 g/mol. The molecule has 1 amide bonds. The summed E-state index contributed by atoms with van der Waals surface area (Å²) in [5.41, 5.74) is 0.906. The van der Waals surface area contributed by atoms with Crippen LogP contribution in [0, 0.1) is 16.0 Å². The van der Waals surface area contributed by atoms with Gasteiger partial charge in [-0.1, -0.05) is 6.42 Å². The van der Waals surface area contributed by atoms with Crippen molar-refractivity contribution in [1.82, 2.24) is 9.96 Å². The number of carbonyl (C=O) groups excluding carboxylic acids is 1. The van der Waals surface area contributed by atoms with Crippen LogP contribution in [0.15, 0.2) is 24.3 Å². The van der Waals surface area contributed by atoms with Gasteiger partial charge in [0.1, 0.15) is 6.10 Å². The number of rotatable bonds is 3. The minimum atomic E-state index is -0.404. The summed E-state index contributed by atoms with van der Waals surface area (Å²) in [4.78, 5) is 32.0. The highest BCUT2D eigenvalue weighted by molar-refractivity contribution is 5.81. The van der Waals surface area contributed by atoms with E-state index in [-0.39, 0.29) is 29.7 Å². The summed E-state index contributed by atoms with van der Waals surface area (Å²) in [7, 11) is 0. The first kappa shape index (κ1) is 17.4. The smallest absolute Gasteiger partial charge is 0.269 e. The lowest BCUT2D eigenvalue weighted by atomic mass is 9.84. The van der Waals surface area contributed by atoms with Gasteiger partial charge in [0.05, 0.1) is 10.8 Å². The van der Waals surface area contributed by atoms with E-state index < -0.39 is 4.92 Å². The number of piperidine rings is 2. The van der Waals surface area contributed by atoms with Crippen LogP contribution < -0.4 is 0 Å². The molecule has 0 radical (unpaired) electrons. The van der Waals surface area contributed by atoms with Gasteiger partial charge in [0.15, 0.2) is 0 Å². The molecular formula is C19H25N3O4. The Labute approximate surface area is 153 Å². The molecule has 0 saturated carbocycles. The standard InChI is InChI=1S/C19H25N3O4/c23-19(20-11-3-1-4-12-20)17-16-6-2-5-13-21(16)26-18(17)14-7-9-15(10-8-14)22(24)25/h7-10,16-18H,1-6,11-13H2/t16-,17-,18+/m0/s1. The van der Waals surface area contributed by atoms with E-state index in [1.54, 1.807) is 12.1 Å². The molecule has 3 aliphatic rings. The number of nitrogens with zero attached hydrogens (tertiary/aromatic N) is 3. The van der Waals surface area contributed by atoms with Crippen LogP contribution in [0.25, 0.3) is 0 Å². The lowest BCUT2D eigenvalue weighted by molar-refractivity contribution is -0.384. The predicted molar refractivity (Wildman–Crippen MR) is 95.2 cm³/mol. The summed E-state index contributed by atoms with van der Waals surface area (Å²) in [6, 6.07) is 6.57. The lowest BCUT2D eigenvalue weighted by Gasteiger charge is -2.34. The van der Waals surface area contributed by atoms with Crippen molar-refractivity contribution in [2.45, 2.75) is 50.7 Å². The van der Waals surface area contributed by atoms with Crippen LogP contribution in [-0.2, 0) is 9.63 Å². The Morgan fingerprint density at radius 3 is 2.42 bits per heavy atom. The Hall–Kier alpha value is -1.99. The molecule has 4 rings (SSSR count). The van der Waals surface area contributed by atoms with Gasteiger partial charge in [0, 0.05) is 37.8 Å². The van der Waals surface area contributed by atoms with Gasteiger partial charge in [0.2, 0.25) is 5.91 Å². The van der Waals surface area contributed by atoms with Crippen LogP contribution in [-0.4, -0.2) is 46.5 Å². The average Bonchev–Trinajstić information content (AvgIpc) is 3.07. The van der Waals surface area contributed by atoms with Gasteiger partial charge in [0.25, 0.3) is 5.69 Å². The van der Waals surface area contributed by atoms with Crippen LogP contribution in [0.3, 0.4) is 0 Å². The van der Waals surface area contributed by atoms with Gasteiger partial charge in [-0.3, -0.25) is 19.7 Å². The Morgan fingerprint density at radius 2 is 1.73 bits per heavy atom. The molecule has 0 unspecified atom stereocenters. The number of hydroxylamine groups is 2. The van der Waals surface area contributed by atoms with Gasteiger partial charge in [-0.15, -0.1) is 0 Å². The van der Waals surface area contributed by atoms with Crippen LogP contribution in [0.1, 0.15) is 50.2 Å². The fourth-order valence-electron chi connectivity index (χ4n) is 4.51. The number of fused-ring (bicyclic) bond motifs is 1.